The molecular weight excluding hydrogens is 238 g/mol. The van der Waals surface area contributed by atoms with Gasteiger partial charge in [0.2, 0.25) is 0 Å². The largest absolute Gasteiger partial charge is 0.351 e. The van der Waals surface area contributed by atoms with Crippen molar-refractivity contribution in [3.63, 3.8) is 0 Å². The molecule has 0 aliphatic carbocycles. The van der Waals surface area contributed by atoms with Crippen LogP contribution in [0.3, 0.4) is 0 Å². The van der Waals surface area contributed by atoms with Crippen molar-refractivity contribution in [3.8, 4) is 11.4 Å². The second kappa shape index (κ2) is 6.64. The lowest BCUT2D eigenvalue weighted by Crippen LogP contribution is -2.25. The van der Waals surface area contributed by atoms with E-state index in [1.165, 1.54) is 0 Å². The number of aromatic nitrogens is 2. The molecule has 4 heteroatoms. The van der Waals surface area contributed by atoms with E-state index in [2.05, 4.69) is 22.2 Å². The van der Waals surface area contributed by atoms with Crippen LogP contribution >= 0.6 is 0 Å². The lowest BCUT2D eigenvalue weighted by Gasteiger charge is -2.05. The highest BCUT2D eigenvalue weighted by Crippen LogP contribution is 2.13. The molecule has 0 saturated heterocycles. The molecule has 0 aromatic carbocycles. The molecule has 2 heterocycles. The van der Waals surface area contributed by atoms with Crippen molar-refractivity contribution in [2.45, 2.75) is 19.8 Å². The Balaban J connectivity index is 2.23. The van der Waals surface area contributed by atoms with Crippen molar-refractivity contribution in [1.82, 2.24) is 15.3 Å². The molecule has 0 unspecified atom stereocenters. The number of pyridine rings is 2. The molecule has 0 atom stereocenters. The molecule has 2 aromatic rings. The summed E-state index contributed by atoms with van der Waals surface area (Å²) in [5.41, 5.74) is 1.34. The smallest absolute Gasteiger partial charge is 0.269 e. The summed E-state index contributed by atoms with van der Waals surface area (Å²) in [7, 11) is 0. The number of nitrogens with zero attached hydrogens (tertiary/aromatic N) is 2. The van der Waals surface area contributed by atoms with Crippen molar-refractivity contribution < 1.29 is 6.17 Å². The van der Waals surface area contributed by atoms with Crippen molar-refractivity contribution in [1.29, 1.82) is 0 Å². The van der Waals surface area contributed by atoms with E-state index in [0.29, 0.717) is 23.6 Å². The number of nitrogens with one attached hydrogen (secondary N) is 1. The zero-order valence-corrected chi connectivity index (χ0v) is 10.9. The summed E-state index contributed by atoms with van der Waals surface area (Å²) in [5, 5.41) is 2.81. The summed E-state index contributed by atoms with van der Waals surface area (Å²) in [4.78, 5) is 20.4. The van der Waals surface area contributed by atoms with Crippen LogP contribution in [-0.4, -0.2) is 22.4 Å². The lowest BCUT2D eigenvalue weighted by molar-refractivity contribution is 0.0948. The van der Waals surface area contributed by atoms with Gasteiger partial charge >= 0.3 is 0 Å². The Labute approximate surface area is 114 Å². The molecule has 0 aliphatic heterocycles. The summed E-state index contributed by atoms with van der Waals surface area (Å²) >= 11 is 0. The monoisotopic (exact) mass is 256 g/mol. The Morgan fingerprint density at radius 3 is 2.95 bits per heavy atom. The predicted molar refractivity (Wildman–Crippen MR) is 74.7 cm³/mol. The minimum absolute atomic E-state index is 0.212. The molecule has 19 heavy (non-hydrogen) atoms. The zero-order chi connectivity index (χ0) is 14.4. The van der Waals surface area contributed by atoms with E-state index in [9.17, 15) is 4.79 Å². The van der Waals surface area contributed by atoms with E-state index in [4.69, 9.17) is 1.37 Å². The van der Waals surface area contributed by atoms with Gasteiger partial charge in [-0.1, -0.05) is 25.5 Å². The Hall–Kier alpha value is -2.23. The Bertz CT molecular complexity index is 587. The van der Waals surface area contributed by atoms with Crippen molar-refractivity contribution in [2.75, 3.05) is 6.54 Å². The first-order valence-corrected chi connectivity index (χ1v) is 6.39. The van der Waals surface area contributed by atoms with Gasteiger partial charge in [0.1, 0.15) is 5.69 Å². The molecule has 0 aliphatic rings. The van der Waals surface area contributed by atoms with Gasteiger partial charge in [-0.25, -0.2) is 4.98 Å². The van der Waals surface area contributed by atoms with Crippen LogP contribution in [0.5, 0.6) is 0 Å². The molecular formula is C15H17N3O. The van der Waals surface area contributed by atoms with E-state index in [1.807, 2.05) is 6.07 Å². The number of amides is 1. The highest BCUT2D eigenvalue weighted by molar-refractivity contribution is 5.92. The minimum Gasteiger partial charge on any atom is -0.351 e. The molecule has 0 spiro atoms. The molecule has 0 bridgehead atoms. The van der Waals surface area contributed by atoms with Crippen LogP contribution in [0.4, 0.5) is 0 Å². The van der Waals surface area contributed by atoms with Crippen molar-refractivity contribution in [2.24, 2.45) is 0 Å². The minimum atomic E-state index is -0.212. The standard InChI is InChI=1S/C15H17N3O/c1-2-3-10-17-15(19)14-9-6-8-13(18-14)12-7-4-5-11-16-12/h4-9,11H,2-3,10H2,1H3,(H,17,19)/i8D. The number of carbonyl (C=O) groups is 1. The van der Waals surface area contributed by atoms with Gasteiger partial charge in [0.25, 0.3) is 5.91 Å². The maximum absolute atomic E-state index is 12.0. The Kier molecular flexibility index (Phi) is 4.13. The Morgan fingerprint density at radius 2 is 2.21 bits per heavy atom. The van der Waals surface area contributed by atoms with Gasteiger partial charge in [-0.2, -0.15) is 0 Å². The van der Waals surface area contributed by atoms with Crippen LogP contribution < -0.4 is 5.32 Å². The summed E-state index contributed by atoms with van der Waals surface area (Å²) in [5.74, 6) is -0.212. The molecule has 0 saturated carbocycles. The molecule has 98 valence electrons. The Morgan fingerprint density at radius 1 is 1.32 bits per heavy atom. The molecule has 1 amide bonds. The highest BCUT2D eigenvalue weighted by Gasteiger charge is 2.08. The third-order valence-electron chi connectivity index (χ3n) is 2.65. The fraction of sp³-hybridized carbons (Fsp3) is 0.267. The van der Waals surface area contributed by atoms with Gasteiger partial charge < -0.3 is 5.32 Å². The van der Waals surface area contributed by atoms with E-state index < -0.39 is 0 Å². The maximum Gasteiger partial charge on any atom is 0.269 e. The van der Waals surface area contributed by atoms with Crippen molar-refractivity contribution >= 4 is 5.91 Å². The van der Waals surface area contributed by atoms with Crippen LogP contribution in [0.15, 0.2) is 42.6 Å². The van der Waals surface area contributed by atoms with Crippen LogP contribution in [0.2, 0.25) is 0 Å². The molecule has 1 N–H and O–H groups in total. The summed E-state index contributed by atoms with van der Waals surface area (Å²) in [6.45, 7) is 2.71. The first-order chi connectivity index (χ1) is 9.72. The van der Waals surface area contributed by atoms with Gasteiger partial charge in [0, 0.05) is 12.7 Å². The first kappa shape index (κ1) is 11.8. The van der Waals surface area contributed by atoms with Crippen LogP contribution in [-0.2, 0) is 0 Å². The molecule has 2 aromatic heterocycles. The van der Waals surface area contributed by atoms with E-state index in [0.717, 1.165) is 12.8 Å². The highest BCUT2D eigenvalue weighted by atomic mass is 16.1. The van der Waals surface area contributed by atoms with Gasteiger partial charge in [0.15, 0.2) is 0 Å². The average Bonchev–Trinajstić information content (AvgIpc) is 2.49. The molecule has 0 radical (unpaired) electrons. The first-order valence-electron chi connectivity index (χ1n) is 6.89. The second-order valence-corrected chi connectivity index (χ2v) is 4.15. The van der Waals surface area contributed by atoms with Gasteiger partial charge in [-0.05, 0) is 30.7 Å². The number of hydrogen-bond donors (Lipinski definition) is 1. The fourth-order valence-electron chi connectivity index (χ4n) is 1.62. The molecule has 0 fully saturated rings. The van der Waals surface area contributed by atoms with E-state index in [1.54, 1.807) is 30.5 Å². The van der Waals surface area contributed by atoms with Crippen LogP contribution in [0.25, 0.3) is 11.4 Å². The normalized spacial score (nSPS) is 10.9. The topological polar surface area (TPSA) is 54.9 Å². The van der Waals surface area contributed by atoms with Gasteiger partial charge in [-0.15, -0.1) is 0 Å². The molecule has 2 rings (SSSR count). The second-order valence-electron chi connectivity index (χ2n) is 4.15. The lowest BCUT2D eigenvalue weighted by atomic mass is 10.2. The summed E-state index contributed by atoms with van der Waals surface area (Å²) in [6, 6.07) is 8.81. The fourth-order valence-corrected chi connectivity index (χ4v) is 1.62. The third kappa shape index (κ3) is 3.61. The third-order valence-corrected chi connectivity index (χ3v) is 2.65. The number of hydrogen-bond acceptors (Lipinski definition) is 3. The van der Waals surface area contributed by atoms with Gasteiger partial charge in [0.05, 0.1) is 12.8 Å². The molecule has 4 nitrogen and oxygen atoms in total. The van der Waals surface area contributed by atoms with Crippen LogP contribution in [0, 0.1) is 0 Å². The average molecular weight is 256 g/mol. The predicted octanol–water partition coefficient (Wildman–Crippen LogP) is 2.67. The summed E-state index contributed by atoms with van der Waals surface area (Å²) < 4.78 is 7.88. The van der Waals surface area contributed by atoms with E-state index in [-0.39, 0.29) is 11.9 Å². The quantitative estimate of drug-likeness (QED) is 0.837. The number of rotatable bonds is 5. The SMILES string of the molecule is [2H]c1ccc(C(=O)NCCCC)nc1-c1ccccn1. The number of carbonyl (C=O) groups excluding carboxylic acids is 1. The van der Waals surface area contributed by atoms with Gasteiger partial charge in [-0.3, -0.25) is 9.78 Å². The maximum atomic E-state index is 12.0. The van der Waals surface area contributed by atoms with Crippen molar-refractivity contribution in [3.05, 3.63) is 48.3 Å². The zero-order valence-electron chi connectivity index (χ0n) is 11.9. The van der Waals surface area contributed by atoms with Crippen LogP contribution in [0.1, 0.15) is 31.6 Å². The number of unbranched alkanes of at least 4 members (excludes halogenated alkanes) is 1. The van der Waals surface area contributed by atoms with E-state index >= 15 is 0 Å². The summed E-state index contributed by atoms with van der Waals surface area (Å²) in [6.07, 6.45) is 3.61.